The van der Waals surface area contributed by atoms with Crippen LogP contribution in [0.4, 0.5) is 5.69 Å². The fourth-order valence-corrected chi connectivity index (χ4v) is 2.22. The van der Waals surface area contributed by atoms with Gasteiger partial charge in [-0.05, 0) is 31.5 Å². The lowest BCUT2D eigenvalue weighted by Gasteiger charge is -2.28. The van der Waals surface area contributed by atoms with Gasteiger partial charge in [0.15, 0.2) is 0 Å². The van der Waals surface area contributed by atoms with Crippen molar-refractivity contribution in [1.29, 1.82) is 5.26 Å². The largest absolute Gasteiger partial charge is 0.376 e. The molecule has 1 saturated heterocycles. The van der Waals surface area contributed by atoms with E-state index < -0.39 is 0 Å². The van der Waals surface area contributed by atoms with Gasteiger partial charge in [-0.1, -0.05) is 6.07 Å². The van der Waals surface area contributed by atoms with Gasteiger partial charge in [-0.15, -0.1) is 0 Å². The van der Waals surface area contributed by atoms with E-state index in [1.807, 2.05) is 24.3 Å². The minimum Gasteiger partial charge on any atom is -0.376 e. The lowest BCUT2D eigenvalue weighted by atomic mass is 10.1. The summed E-state index contributed by atoms with van der Waals surface area (Å²) >= 11 is 0. The van der Waals surface area contributed by atoms with Crippen molar-refractivity contribution in [3.05, 3.63) is 29.8 Å². The Hall–Kier alpha value is -1.53. The standard InChI is InChI=1S/C13H16N2O/c1-10-13(6-7-16-10)15(2)12-5-3-4-11(8-12)9-14/h3-5,8,10,13H,6-7H2,1-2H3. The maximum atomic E-state index is 8.87. The molecule has 3 heteroatoms. The van der Waals surface area contributed by atoms with Crippen molar-refractivity contribution in [2.45, 2.75) is 25.5 Å². The first kappa shape index (κ1) is 11.0. The summed E-state index contributed by atoms with van der Waals surface area (Å²) in [5.74, 6) is 0. The fourth-order valence-electron chi connectivity index (χ4n) is 2.22. The molecule has 0 aromatic heterocycles. The van der Waals surface area contributed by atoms with Crippen molar-refractivity contribution in [3.63, 3.8) is 0 Å². The van der Waals surface area contributed by atoms with Gasteiger partial charge in [0.25, 0.3) is 0 Å². The molecule has 0 bridgehead atoms. The Labute approximate surface area is 96.2 Å². The molecule has 2 rings (SSSR count). The summed E-state index contributed by atoms with van der Waals surface area (Å²) in [7, 11) is 2.06. The van der Waals surface area contributed by atoms with Gasteiger partial charge in [0.1, 0.15) is 0 Å². The van der Waals surface area contributed by atoms with Crippen molar-refractivity contribution in [2.24, 2.45) is 0 Å². The zero-order chi connectivity index (χ0) is 11.5. The maximum Gasteiger partial charge on any atom is 0.0992 e. The Bertz CT molecular complexity index is 411. The lowest BCUT2D eigenvalue weighted by Crippen LogP contribution is -2.36. The molecule has 0 N–H and O–H groups in total. The van der Waals surface area contributed by atoms with Gasteiger partial charge in [0.2, 0.25) is 0 Å². The number of hydrogen-bond donors (Lipinski definition) is 0. The quantitative estimate of drug-likeness (QED) is 0.760. The molecule has 16 heavy (non-hydrogen) atoms. The number of anilines is 1. The fraction of sp³-hybridized carbons (Fsp3) is 0.462. The number of nitriles is 1. The highest BCUT2D eigenvalue weighted by Crippen LogP contribution is 2.24. The molecule has 1 heterocycles. The van der Waals surface area contributed by atoms with Gasteiger partial charge < -0.3 is 9.64 Å². The van der Waals surface area contributed by atoms with Crippen molar-refractivity contribution in [2.75, 3.05) is 18.6 Å². The van der Waals surface area contributed by atoms with Crippen LogP contribution in [-0.4, -0.2) is 25.8 Å². The first-order chi connectivity index (χ1) is 7.72. The first-order valence-corrected chi connectivity index (χ1v) is 5.57. The highest BCUT2D eigenvalue weighted by molar-refractivity contribution is 5.51. The number of benzene rings is 1. The summed E-state index contributed by atoms with van der Waals surface area (Å²) < 4.78 is 5.56. The number of nitrogens with zero attached hydrogens (tertiary/aromatic N) is 2. The third kappa shape index (κ3) is 2.02. The van der Waals surface area contributed by atoms with Crippen molar-refractivity contribution >= 4 is 5.69 Å². The number of ether oxygens (including phenoxy) is 1. The van der Waals surface area contributed by atoms with E-state index in [1.165, 1.54) is 0 Å². The monoisotopic (exact) mass is 216 g/mol. The van der Waals surface area contributed by atoms with Gasteiger partial charge in [-0.25, -0.2) is 0 Å². The average molecular weight is 216 g/mol. The summed E-state index contributed by atoms with van der Waals surface area (Å²) in [6, 6.07) is 10.3. The van der Waals surface area contributed by atoms with Crippen LogP contribution in [0.5, 0.6) is 0 Å². The topological polar surface area (TPSA) is 36.3 Å². The molecule has 0 amide bonds. The molecule has 0 aliphatic carbocycles. The number of likely N-dealkylation sites (N-methyl/N-ethyl adjacent to an activating group) is 1. The highest BCUT2D eigenvalue weighted by atomic mass is 16.5. The zero-order valence-corrected chi connectivity index (χ0v) is 9.68. The van der Waals surface area contributed by atoms with Crippen LogP contribution >= 0.6 is 0 Å². The summed E-state index contributed by atoms with van der Waals surface area (Å²) in [4.78, 5) is 2.21. The van der Waals surface area contributed by atoms with Gasteiger partial charge in [-0.3, -0.25) is 0 Å². The van der Waals surface area contributed by atoms with E-state index >= 15 is 0 Å². The summed E-state index contributed by atoms with van der Waals surface area (Å²) in [5.41, 5.74) is 1.79. The maximum absolute atomic E-state index is 8.87. The average Bonchev–Trinajstić information content (AvgIpc) is 2.74. The van der Waals surface area contributed by atoms with E-state index in [4.69, 9.17) is 10.00 Å². The number of hydrogen-bond acceptors (Lipinski definition) is 3. The van der Waals surface area contributed by atoms with Crippen LogP contribution in [0, 0.1) is 11.3 Å². The van der Waals surface area contributed by atoms with Crippen molar-refractivity contribution in [3.8, 4) is 6.07 Å². The van der Waals surface area contributed by atoms with E-state index in [-0.39, 0.29) is 6.10 Å². The second-order valence-electron chi connectivity index (χ2n) is 4.20. The Morgan fingerprint density at radius 3 is 2.94 bits per heavy atom. The second kappa shape index (κ2) is 4.54. The van der Waals surface area contributed by atoms with Gasteiger partial charge in [0, 0.05) is 19.3 Å². The van der Waals surface area contributed by atoms with E-state index in [0.717, 1.165) is 18.7 Å². The Balaban J connectivity index is 2.20. The zero-order valence-electron chi connectivity index (χ0n) is 9.68. The molecule has 0 saturated carbocycles. The predicted octanol–water partition coefficient (Wildman–Crippen LogP) is 2.17. The van der Waals surface area contributed by atoms with Crippen LogP contribution in [-0.2, 0) is 4.74 Å². The third-order valence-corrected chi connectivity index (χ3v) is 3.22. The van der Waals surface area contributed by atoms with Crippen LogP contribution in [0.2, 0.25) is 0 Å². The van der Waals surface area contributed by atoms with Gasteiger partial charge in [0.05, 0.1) is 23.8 Å². The third-order valence-electron chi connectivity index (χ3n) is 3.22. The second-order valence-corrected chi connectivity index (χ2v) is 4.20. The summed E-state index contributed by atoms with van der Waals surface area (Å²) in [6.07, 6.45) is 1.31. The molecule has 1 aliphatic rings. The SMILES string of the molecule is CC1OCCC1N(C)c1cccc(C#N)c1. The molecular weight excluding hydrogens is 200 g/mol. The van der Waals surface area contributed by atoms with Crippen LogP contribution < -0.4 is 4.90 Å². The lowest BCUT2D eigenvalue weighted by molar-refractivity contribution is 0.118. The van der Waals surface area contributed by atoms with Crippen LogP contribution in [0.15, 0.2) is 24.3 Å². The smallest absolute Gasteiger partial charge is 0.0992 e. The highest BCUT2D eigenvalue weighted by Gasteiger charge is 2.27. The van der Waals surface area contributed by atoms with E-state index in [9.17, 15) is 0 Å². The molecule has 0 spiro atoms. The summed E-state index contributed by atoms with van der Waals surface area (Å²) in [5, 5.41) is 8.87. The summed E-state index contributed by atoms with van der Waals surface area (Å²) in [6.45, 7) is 2.93. The molecule has 1 fully saturated rings. The minimum absolute atomic E-state index is 0.260. The molecule has 0 radical (unpaired) electrons. The first-order valence-electron chi connectivity index (χ1n) is 5.57. The van der Waals surface area contributed by atoms with E-state index in [1.54, 1.807) is 0 Å². The molecule has 1 aliphatic heterocycles. The molecule has 1 aromatic rings. The Morgan fingerprint density at radius 2 is 2.31 bits per heavy atom. The Morgan fingerprint density at radius 1 is 1.50 bits per heavy atom. The molecular formula is C13H16N2O. The molecule has 84 valence electrons. The molecule has 1 aromatic carbocycles. The predicted molar refractivity (Wildman–Crippen MR) is 63.4 cm³/mol. The molecule has 2 unspecified atom stereocenters. The van der Waals surface area contributed by atoms with Gasteiger partial charge in [-0.2, -0.15) is 5.26 Å². The van der Waals surface area contributed by atoms with E-state index in [2.05, 4.69) is 24.9 Å². The van der Waals surface area contributed by atoms with Crippen molar-refractivity contribution in [1.82, 2.24) is 0 Å². The van der Waals surface area contributed by atoms with Crippen LogP contribution in [0.1, 0.15) is 18.9 Å². The number of rotatable bonds is 2. The minimum atomic E-state index is 0.260. The normalized spacial score (nSPS) is 24.1. The van der Waals surface area contributed by atoms with Gasteiger partial charge >= 0.3 is 0 Å². The molecule has 3 nitrogen and oxygen atoms in total. The van der Waals surface area contributed by atoms with Crippen LogP contribution in [0.25, 0.3) is 0 Å². The Kier molecular flexibility index (Phi) is 3.12. The van der Waals surface area contributed by atoms with Crippen LogP contribution in [0.3, 0.4) is 0 Å². The van der Waals surface area contributed by atoms with Crippen molar-refractivity contribution < 1.29 is 4.74 Å². The molecule has 2 atom stereocenters. The van der Waals surface area contributed by atoms with E-state index in [0.29, 0.717) is 11.6 Å².